The van der Waals surface area contributed by atoms with Gasteiger partial charge in [0.2, 0.25) is 5.91 Å². The second-order valence-corrected chi connectivity index (χ2v) is 6.43. The van der Waals surface area contributed by atoms with Crippen molar-refractivity contribution in [2.45, 2.75) is 31.8 Å². The highest BCUT2D eigenvalue weighted by Gasteiger charge is 2.30. The molecule has 0 aliphatic carbocycles. The van der Waals surface area contributed by atoms with E-state index in [-0.39, 0.29) is 18.2 Å². The topological polar surface area (TPSA) is 94.6 Å². The van der Waals surface area contributed by atoms with Gasteiger partial charge < -0.3 is 10.2 Å². The zero-order valence-corrected chi connectivity index (χ0v) is 14.1. The lowest BCUT2D eigenvalue weighted by molar-refractivity contribution is -0.131. The molecule has 2 N–H and O–H groups in total. The van der Waals surface area contributed by atoms with E-state index >= 15 is 0 Å². The summed E-state index contributed by atoms with van der Waals surface area (Å²) in [5.74, 6) is -0.312. The average Bonchev–Trinajstić information content (AvgIpc) is 2.79. The summed E-state index contributed by atoms with van der Waals surface area (Å²) in [6.45, 7) is 4.01. The molecule has 2 saturated heterocycles. The fourth-order valence-electron chi connectivity index (χ4n) is 3.22. The Hall–Kier alpha value is -2.48. The maximum atomic E-state index is 12.4. The van der Waals surface area contributed by atoms with Crippen molar-refractivity contribution in [3.63, 3.8) is 0 Å². The number of pyridine rings is 1. The SMILES string of the molecule is O=C1NC(=O)C(CCC(=O)N2CCCN(Cc3cccnc3)CC2)N1. The summed E-state index contributed by atoms with van der Waals surface area (Å²) in [7, 11) is 0. The summed E-state index contributed by atoms with van der Waals surface area (Å²) in [5.41, 5.74) is 1.17. The van der Waals surface area contributed by atoms with Crippen LogP contribution in [-0.2, 0) is 16.1 Å². The molecule has 2 aliphatic heterocycles. The molecular formula is C17H23N5O3. The van der Waals surface area contributed by atoms with Crippen molar-refractivity contribution >= 4 is 17.8 Å². The molecule has 1 aromatic heterocycles. The summed E-state index contributed by atoms with van der Waals surface area (Å²) in [4.78, 5) is 43.3. The minimum absolute atomic E-state index is 0.0391. The number of urea groups is 1. The van der Waals surface area contributed by atoms with Crippen molar-refractivity contribution in [1.82, 2.24) is 25.4 Å². The number of nitrogens with zero attached hydrogens (tertiary/aromatic N) is 3. The van der Waals surface area contributed by atoms with Gasteiger partial charge in [0.05, 0.1) is 0 Å². The van der Waals surface area contributed by atoms with Gasteiger partial charge in [0.25, 0.3) is 5.91 Å². The van der Waals surface area contributed by atoms with E-state index in [1.165, 1.54) is 5.56 Å². The molecule has 25 heavy (non-hydrogen) atoms. The van der Waals surface area contributed by atoms with Gasteiger partial charge >= 0.3 is 6.03 Å². The Morgan fingerprint density at radius 3 is 2.84 bits per heavy atom. The molecule has 0 bridgehead atoms. The maximum absolute atomic E-state index is 12.4. The molecule has 0 saturated carbocycles. The van der Waals surface area contributed by atoms with E-state index in [2.05, 4.69) is 26.6 Å². The van der Waals surface area contributed by atoms with Crippen LogP contribution in [-0.4, -0.2) is 64.9 Å². The van der Waals surface area contributed by atoms with Crippen LogP contribution in [0.15, 0.2) is 24.5 Å². The Balaban J connectivity index is 1.45. The second-order valence-electron chi connectivity index (χ2n) is 6.43. The van der Waals surface area contributed by atoms with Crippen LogP contribution in [0.5, 0.6) is 0 Å². The van der Waals surface area contributed by atoms with Gasteiger partial charge in [-0.05, 0) is 24.5 Å². The molecular weight excluding hydrogens is 322 g/mol. The molecule has 3 rings (SSSR count). The summed E-state index contributed by atoms with van der Waals surface area (Å²) in [5, 5.41) is 4.71. The zero-order valence-electron chi connectivity index (χ0n) is 14.1. The molecule has 0 aromatic carbocycles. The Labute approximate surface area is 146 Å². The van der Waals surface area contributed by atoms with Gasteiger partial charge in [0, 0.05) is 51.5 Å². The largest absolute Gasteiger partial charge is 0.341 e. The van der Waals surface area contributed by atoms with Crippen LogP contribution >= 0.6 is 0 Å². The highest BCUT2D eigenvalue weighted by molar-refractivity contribution is 6.04. The van der Waals surface area contributed by atoms with Crippen molar-refractivity contribution < 1.29 is 14.4 Å². The summed E-state index contributed by atoms with van der Waals surface area (Å²) >= 11 is 0. The summed E-state index contributed by atoms with van der Waals surface area (Å²) < 4.78 is 0. The molecule has 2 fully saturated rings. The lowest BCUT2D eigenvalue weighted by Gasteiger charge is -2.22. The third kappa shape index (κ3) is 4.76. The molecule has 1 aromatic rings. The normalized spacial score (nSPS) is 21.6. The number of hydrogen-bond donors (Lipinski definition) is 2. The number of amides is 4. The van der Waals surface area contributed by atoms with Gasteiger partial charge in [0.15, 0.2) is 0 Å². The number of nitrogens with one attached hydrogen (secondary N) is 2. The molecule has 4 amide bonds. The zero-order chi connectivity index (χ0) is 17.6. The first kappa shape index (κ1) is 17.3. The molecule has 3 heterocycles. The van der Waals surface area contributed by atoms with Crippen LogP contribution in [0.3, 0.4) is 0 Å². The average molecular weight is 345 g/mol. The van der Waals surface area contributed by atoms with Crippen molar-refractivity contribution in [3.8, 4) is 0 Å². The maximum Gasteiger partial charge on any atom is 0.322 e. The van der Waals surface area contributed by atoms with Gasteiger partial charge in [-0.25, -0.2) is 4.79 Å². The molecule has 134 valence electrons. The van der Waals surface area contributed by atoms with Crippen molar-refractivity contribution in [2.24, 2.45) is 0 Å². The minimum Gasteiger partial charge on any atom is -0.341 e. The standard InChI is InChI=1S/C17H23N5O3/c23-15(5-4-14-16(24)20-17(25)19-14)22-8-2-7-21(9-10-22)12-13-3-1-6-18-11-13/h1,3,6,11,14H,2,4-5,7-10,12H2,(H2,19,20,24,25). The molecule has 8 nitrogen and oxygen atoms in total. The van der Waals surface area contributed by atoms with Gasteiger partial charge in [-0.3, -0.25) is 24.8 Å². The van der Waals surface area contributed by atoms with Gasteiger partial charge in [-0.2, -0.15) is 0 Å². The molecule has 8 heteroatoms. The highest BCUT2D eigenvalue weighted by atomic mass is 16.2. The van der Waals surface area contributed by atoms with Crippen LogP contribution < -0.4 is 10.6 Å². The Morgan fingerprint density at radius 1 is 1.24 bits per heavy atom. The highest BCUT2D eigenvalue weighted by Crippen LogP contribution is 2.11. The first-order valence-electron chi connectivity index (χ1n) is 8.62. The fraction of sp³-hybridized carbons (Fsp3) is 0.529. The van der Waals surface area contributed by atoms with Crippen LogP contribution in [0, 0.1) is 0 Å². The van der Waals surface area contributed by atoms with E-state index in [0.29, 0.717) is 13.0 Å². The van der Waals surface area contributed by atoms with Crippen LogP contribution in [0.1, 0.15) is 24.8 Å². The number of rotatable bonds is 5. The third-order valence-corrected chi connectivity index (χ3v) is 4.58. The van der Waals surface area contributed by atoms with Crippen LogP contribution in [0.2, 0.25) is 0 Å². The van der Waals surface area contributed by atoms with Gasteiger partial charge in [-0.15, -0.1) is 0 Å². The summed E-state index contributed by atoms with van der Waals surface area (Å²) in [6.07, 6.45) is 5.16. The number of imide groups is 1. The molecule has 0 radical (unpaired) electrons. The van der Waals surface area contributed by atoms with Crippen molar-refractivity contribution in [1.29, 1.82) is 0 Å². The minimum atomic E-state index is -0.592. The Bertz CT molecular complexity index is 636. The lowest BCUT2D eigenvalue weighted by Crippen LogP contribution is -2.37. The molecule has 1 atom stereocenters. The predicted octanol–water partition coefficient (Wildman–Crippen LogP) is 0.104. The monoisotopic (exact) mass is 345 g/mol. The summed E-state index contributed by atoms with van der Waals surface area (Å²) in [6, 6.07) is 2.91. The number of carbonyl (C=O) groups is 3. The van der Waals surface area contributed by atoms with Crippen LogP contribution in [0.4, 0.5) is 4.79 Å². The van der Waals surface area contributed by atoms with E-state index in [1.54, 1.807) is 6.20 Å². The first-order valence-corrected chi connectivity index (χ1v) is 8.62. The van der Waals surface area contributed by atoms with E-state index in [9.17, 15) is 14.4 Å². The molecule has 1 unspecified atom stereocenters. The van der Waals surface area contributed by atoms with Crippen molar-refractivity contribution in [2.75, 3.05) is 26.2 Å². The van der Waals surface area contributed by atoms with Crippen LogP contribution in [0.25, 0.3) is 0 Å². The quantitative estimate of drug-likeness (QED) is 0.739. The molecule has 0 spiro atoms. The first-order chi connectivity index (χ1) is 12.1. The van der Waals surface area contributed by atoms with E-state index in [4.69, 9.17) is 0 Å². The lowest BCUT2D eigenvalue weighted by atomic mass is 10.1. The van der Waals surface area contributed by atoms with E-state index in [1.807, 2.05) is 17.2 Å². The Morgan fingerprint density at radius 2 is 2.12 bits per heavy atom. The third-order valence-electron chi connectivity index (χ3n) is 4.58. The smallest absolute Gasteiger partial charge is 0.322 e. The second kappa shape index (κ2) is 8.06. The number of aromatic nitrogens is 1. The Kier molecular flexibility index (Phi) is 5.60. The number of hydrogen-bond acceptors (Lipinski definition) is 5. The fourth-order valence-corrected chi connectivity index (χ4v) is 3.22. The van der Waals surface area contributed by atoms with Gasteiger partial charge in [0.1, 0.15) is 6.04 Å². The molecule has 2 aliphatic rings. The van der Waals surface area contributed by atoms with Gasteiger partial charge in [-0.1, -0.05) is 6.07 Å². The number of carbonyl (C=O) groups excluding carboxylic acids is 3. The van der Waals surface area contributed by atoms with Crippen molar-refractivity contribution in [3.05, 3.63) is 30.1 Å². The van der Waals surface area contributed by atoms with E-state index in [0.717, 1.165) is 32.6 Å². The predicted molar refractivity (Wildman–Crippen MR) is 90.4 cm³/mol. The van der Waals surface area contributed by atoms with E-state index < -0.39 is 12.1 Å².